The van der Waals surface area contributed by atoms with Crippen molar-refractivity contribution in [2.24, 2.45) is 5.92 Å². The largest absolute Gasteiger partial charge is 0.378 e. The molecule has 17 heavy (non-hydrogen) atoms. The summed E-state index contributed by atoms with van der Waals surface area (Å²) < 4.78 is 5.25. The highest BCUT2D eigenvalue weighted by atomic mass is 16.5. The molecule has 4 heteroatoms. The van der Waals surface area contributed by atoms with Crippen LogP contribution < -0.4 is 0 Å². The number of morpholine rings is 1. The zero-order chi connectivity index (χ0) is 12.7. The van der Waals surface area contributed by atoms with Gasteiger partial charge in [-0.2, -0.15) is 0 Å². The first-order valence-corrected chi connectivity index (χ1v) is 6.82. The van der Waals surface area contributed by atoms with Gasteiger partial charge in [-0.05, 0) is 26.4 Å². The van der Waals surface area contributed by atoms with Gasteiger partial charge in [0.2, 0.25) is 5.91 Å². The highest BCUT2D eigenvalue weighted by Gasteiger charge is 2.28. The summed E-state index contributed by atoms with van der Waals surface area (Å²) in [5.41, 5.74) is 0. The Hall–Kier alpha value is -0.610. The Labute approximate surface area is 105 Å². The topological polar surface area (TPSA) is 32.8 Å². The standard InChI is InChI=1S/C11H20N2O2.C2H6/c1-12-4-2-3-10(9-12)11(14)13-5-7-15-8-6-13;1-2/h10H,2-9H2,1H3;1-2H3. The van der Waals surface area contributed by atoms with Crippen LogP contribution in [-0.4, -0.2) is 62.1 Å². The van der Waals surface area contributed by atoms with Gasteiger partial charge in [0, 0.05) is 19.6 Å². The number of nitrogens with zero attached hydrogens (tertiary/aromatic N) is 2. The number of carbonyl (C=O) groups is 1. The maximum absolute atomic E-state index is 12.1. The Kier molecular flexibility index (Phi) is 6.52. The van der Waals surface area contributed by atoms with Crippen molar-refractivity contribution in [2.45, 2.75) is 26.7 Å². The van der Waals surface area contributed by atoms with Gasteiger partial charge in [-0.3, -0.25) is 4.79 Å². The lowest BCUT2D eigenvalue weighted by Gasteiger charge is -2.34. The van der Waals surface area contributed by atoms with Gasteiger partial charge in [0.15, 0.2) is 0 Å². The van der Waals surface area contributed by atoms with E-state index in [0.717, 1.165) is 39.0 Å². The normalized spacial score (nSPS) is 26.1. The van der Waals surface area contributed by atoms with Crippen LogP contribution in [0.1, 0.15) is 26.7 Å². The molecule has 0 radical (unpaired) electrons. The number of piperidine rings is 1. The molecule has 0 spiro atoms. The molecule has 0 bridgehead atoms. The summed E-state index contributed by atoms with van der Waals surface area (Å²) in [6.45, 7) is 9.02. The predicted octanol–water partition coefficient (Wildman–Crippen LogP) is 1.21. The molecule has 1 atom stereocenters. The van der Waals surface area contributed by atoms with Crippen molar-refractivity contribution in [2.75, 3.05) is 46.4 Å². The second kappa shape index (κ2) is 7.67. The maximum Gasteiger partial charge on any atom is 0.227 e. The fourth-order valence-corrected chi connectivity index (χ4v) is 2.41. The summed E-state index contributed by atoms with van der Waals surface area (Å²) in [5.74, 6) is 0.562. The number of carbonyl (C=O) groups excluding carboxylic acids is 1. The van der Waals surface area contributed by atoms with E-state index in [-0.39, 0.29) is 5.92 Å². The van der Waals surface area contributed by atoms with Crippen LogP contribution in [0.2, 0.25) is 0 Å². The molecule has 2 aliphatic heterocycles. The van der Waals surface area contributed by atoms with Gasteiger partial charge in [-0.25, -0.2) is 0 Å². The van der Waals surface area contributed by atoms with E-state index in [1.165, 1.54) is 0 Å². The number of likely N-dealkylation sites (tertiary alicyclic amines) is 1. The van der Waals surface area contributed by atoms with Crippen molar-refractivity contribution in [3.8, 4) is 0 Å². The lowest BCUT2D eigenvalue weighted by atomic mass is 9.97. The molecule has 2 fully saturated rings. The lowest BCUT2D eigenvalue weighted by molar-refractivity contribution is -0.141. The Bertz CT molecular complexity index is 227. The molecule has 2 saturated heterocycles. The van der Waals surface area contributed by atoms with Crippen LogP contribution in [-0.2, 0) is 9.53 Å². The van der Waals surface area contributed by atoms with Crippen molar-refractivity contribution >= 4 is 5.91 Å². The van der Waals surface area contributed by atoms with Gasteiger partial charge in [0.05, 0.1) is 19.1 Å². The molecule has 2 heterocycles. The van der Waals surface area contributed by atoms with Crippen LogP contribution in [0, 0.1) is 5.92 Å². The molecular weight excluding hydrogens is 216 g/mol. The number of hydrogen-bond donors (Lipinski definition) is 0. The van der Waals surface area contributed by atoms with E-state index in [1.807, 2.05) is 18.7 Å². The quantitative estimate of drug-likeness (QED) is 0.693. The van der Waals surface area contributed by atoms with Crippen molar-refractivity contribution in [1.29, 1.82) is 0 Å². The lowest BCUT2D eigenvalue weighted by Crippen LogP contribution is -2.47. The smallest absolute Gasteiger partial charge is 0.227 e. The third-order valence-corrected chi connectivity index (χ3v) is 3.30. The summed E-state index contributed by atoms with van der Waals surface area (Å²) in [6, 6.07) is 0. The van der Waals surface area contributed by atoms with Crippen LogP contribution in [0.3, 0.4) is 0 Å². The van der Waals surface area contributed by atoms with E-state index >= 15 is 0 Å². The molecule has 0 aromatic carbocycles. The predicted molar refractivity (Wildman–Crippen MR) is 69.0 cm³/mol. The Morgan fingerprint density at radius 1 is 1.18 bits per heavy atom. The Balaban J connectivity index is 0.000000686. The van der Waals surface area contributed by atoms with E-state index < -0.39 is 0 Å². The van der Waals surface area contributed by atoms with Crippen LogP contribution in [0.25, 0.3) is 0 Å². The second-order valence-electron chi connectivity index (χ2n) is 4.54. The first kappa shape index (κ1) is 14.5. The first-order valence-electron chi connectivity index (χ1n) is 6.82. The van der Waals surface area contributed by atoms with Crippen molar-refractivity contribution < 1.29 is 9.53 Å². The summed E-state index contributed by atoms with van der Waals surface area (Å²) in [7, 11) is 2.10. The molecular formula is C13H26N2O2. The molecule has 2 rings (SSSR count). The summed E-state index contributed by atoms with van der Waals surface area (Å²) in [6.07, 6.45) is 2.21. The molecule has 0 aromatic heterocycles. The molecule has 1 unspecified atom stereocenters. The Morgan fingerprint density at radius 2 is 1.82 bits per heavy atom. The van der Waals surface area contributed by atoms with E-state index in [9.17, 15) is 4.79 Å². The van der Waals surface area contributed by atoms with Gasteiger partial charge in [-0.1, -0.05) is 13.8 Å². The van der Waals surface area contributed by atoms with Crippen LogP contribution in [0.15, 0.2) is 0 Å². The van der Waals surface area contributed by atoms with Crippen LogP contribution in [0.5, 0.6) is 0 Å². The average Bonchev–Trinajstić information content (AvgIpc) is 2.41. The molecule has 0 aromatic rings. The minimum atomic E-state index is 0.224. The van der Waals surface area contributed by atoms with Gasteiger partial charge in [0.25, 0.3) is 0 Å². The highest BCUT2D eigenvalue weighted by molar-refractivity contribution is 5.79. The maximum atomic E-state index is 12.1. The third kappa shape index (κ3) is 4.28. The molecule has 0 N–H and O–H groups in total. The third-order valence-electron chi connectivity index (χ3n) is 3.30. The number of ether oxygens (including phenoxy) is 1. The van der Waals surface area contributed by atoms with E-state index in [1.54, 1.807) is 0 Å². The molecule has 0 saturated carbocycles. The Morgan fingerprint density at radius 3 is 2.41 bits per heavy atom. The van der Waals surface area contributed by atoms with Gasteiger partial charge >= 0.3 is 0 Å². The fourth-order valence-electron chi connectivity index (χ4n) is 2.41. The number of rotatable bonds is 1. The average molecular weight is 242 g/mol. The zero-order valence-electron chi connectivity index (χ0n) is 11.4. The molecule has 1 amide bonds. The minimum absolute atomic E-state index is 0.224. The second-order valence-corrected chi connectivity index (χ2v) is 4.54. The van der Waals surface area contributed by atoms with Crippen molar-refractivity contribution in [3.05, 3.63) is 0 Å². The fraction of sp³-hybridized carbons (Fsp3) is 0.923. The minimum Gasteiger partial charge on any atom is -0.378 e. The van der Waals surface area contributed by atoms with Crippen molar-refractivity contribution in [1.82, 2.24) is 9.80 Å². The van der Waals surface area contributed by atoms with Gasteiger partial charge < -0.3 is 14.5 Å². The summed E-state index contributed by atoms with van der Waals surface area (Å²) in [4.78, 5) is 16.4. The summed E-state index contributed by atoms with van der Waals surface area (Å²) in [5, 5.41) is 0. The number of amides is 1. The zero-order valence-corrected chi connectivity index (χ0v) is 11.4. The highest BCUT2D eigenvalue weighted by Crippen LogP contribution is 2.18. The summed E-state index contributed by atoms with van der Waals surface area (Å²) >= 11 is 0. The molecule has 0 aliphatic carbocycles. The number of hydrogen-bond acceptors (Lipinski definition) is 3. The van der Waals surface area contributed by atoms with E-state index in [2.05, 4.69) is 11.9 Å². The monoisotopic (exact) mass is 242 g/mol. The molecule has 4 nitrogen and oxygen atoms in total. The molecule has 100 valence electrons. The van der Waals surface area contributed by atoms with Gasteiger partial charge in [-0.15, -0.1) is 0 Å². The van der Waals surface area contributed by atoms with E-state index in [4.69, 9.17) is 4.74 Å². The molecule has 2 aliphatic rings. The van der Waals surface area contributed by atoms with Crippen LogP contribution in [0.4, 0.5) is 0 Å². The first-order chi connectivity index (χ1) is 8.27. The van der Waals surface area contributed by atoms with Gasteiger partial charge in [0.1, 0.15) is 0 Å². The van der Waals surface area contributed by atoms with Crippen LogP contribution >= 0.6 is 0 Å². The van der Waals surface area contributed by atoms with Crippen molar-refractivity contribution in [3.63, 3.8) is 0 Å². The SMILES string of the molecule is CC.CN1CCCC(C(=O)N2CCOCC2)C1. The van der Waals surface area contributed by atoms with E-state index in [0.29, 0.717) is 19.1 Å².